The molecule has 0 saturated heterocycles. The average Bonchev–Trinajstić information content (AvgIpc) is 3.21. The molecule has 0 unspecified atom stereocenters. The van der Waals surface area contributed by atoms with Crippen LogP contribution in [0.4, 0.5) is 0 Å². The topological polar surface area (TPSA) is 62.3 Å². The average molecular weight is 275 g/mol. The van der Waals surface area contributed by atoms with Gasteiger partial charge in [0.25, 0.3) is 0 Å². The Hall–Kier alpha value is -1.55. The van der Waals surface area contributed by atoms with Gasteiger partial charge in [-0.25, -0.2) is 0 Å². The van der Waals surface area contributed by atoms with E-state index in [0.717, 1.165) is 19.1 Å². The molecular weight excluding hydrogens is 250 g/mol. The molecule has 0 spiro atoms. The summed E-state index contributed by atoms with van der Waals surface area (Å²) in [7, 11) is 1.61. The highest BCUT2D eigenvalue weighted by atomic mass is 16.5. The Labute approximate surface area is 121 Å². The smallest absolute Gasteiger partial charge is 0.129 e. The van der Waals surface area contributed by atoms with Gasteiger partial charge in [0.2, 0.25) is 0 Å². The van der Waals surface area contributed by atoms with Crippen LogP contribution in [0.25, 0.3) is 0 Å². The van der Waals surface area contributed by atoms with E-state index in [4.69, 9.17) is 15.9 Å². The third-order valence-corrected chi connectivity index (χ3v) is 3.60. The molecule has 0 aromatic heterocycles. The molecule has 2 rings (SSSR count). The van der Waals surface area contributed by atoms with E-state index in [0.29, 0.717) is 17.2 Å². The van der Waals surface area contributed by atoms with Crippen molar-refractivity contribution in [2.45, 2.75) is 39.3 Å². The summed E-state index contributed by atoms with van der Waals surface area (Å²) in [5, 5.41) is 7.65. The van der Waals surface area contributed by atoms with Crippen molar-refractivity contribution in [3.63, 3.8) is 0 Å². The van der Waals surface area contributed by atoms with Gasteiger partial charge < -0.3 is 10.5 Å². The Bertz CT molecular complexity index is 481. The molecule has 1 fully saturated rings. The molecule has 1 aliphatic carbocycles. The van der Waals surface area contributed by atoms with Gasteiger partial charge in [-0.05, 0) is 36.5 Å². The largest absolute Gasteiger partial charge is 0.496 e. The van der Waals surface area contributed by atoms with Crippen LogP contribution in [0, 0.1) is 11.3 Å². The fourth-order valence-electron chi connectivity index (χ4n) is 2.55. The third kappa shape index (κ3) is 3.73. The second-order valence-corrected chi connectivity index (χ2v) is 6.00. The molecule has 0 bridgehead atoms. The normalized spacial score (nSPS) is 14.8. The van der Waals surface area contributed by atoms with Gasteiger partial charge in [0, 0.05) is 19.1 Å². The van der Waals surface area contributed by atoms with E-state index < -0.39 is 0 Å². The van der Waals surface area contributed by atoms with Crippen LogP contribution >= 0.6 is 0 Å². The lowest BCUT2D eigenvalue weighted by molar-refractivity contribution is 0.226. The molecule has 0 heterocycles. The molecule has 1 aromatic carbocycles. The van der Waals surface area contributed by atoms with Crippen molar-refractivity contribution in [1.29, 1.82) is 5.41 Å². The number of hydrogen-bond acceptors (Lipinski definition) is 3. The van der Waals surface area contributed by atoms with E-state index in [9.17, 15) is 0 Å². The highest BCUT2D eigenvalue weighted by Crippen LogP contribution is 2.30. The molecule has 1 aromatic rings. The minimum Gasteiger partial charge on any atom is -0.496 e. The summed E-state index contributed by atoms with van der Waals surface area (Å²) >= 11 is 0. The lowest BCUT2D eigenvalue weighted by Crippen LogP contribution is -2.29. The zero-order valence-corrected chi connectivity index (χ0v) is 12.6. The summed E-state index contributed by atoms with van der Waals surface area (Å²) < 4.78 is 5.26. The Morgan fingerprint density at radius 2 is 2.15 bits per heavy atom. The van der Waals surface area contributed by atoms with Crippen LogP contribution < -0.4 is 10.5 Å². The maximum absolute atomic E-state index is 7.65. The molecule has 3 N–H and O–H groups in total. The molecule has 1 aliphatic rings. The van der Waals surface area contributed by atoms with E-state index >= 15 is 0 Å². The number of amidine groups is 1. The summed E-state index contributed by atoms with van der Waals surface area (Å²) in [5.74, 6) is 1.40. The minimum atomic E-state index is 0.0607. The Morgan fingerprint density at radius 3 is 2.65 bits per heavy atom. The van der Waals surface area contributed by atoms with Gasteiger partial charge in [-0.3, -0.25) is 10.3 Å². The molecule has 4 nitrogen and oxygen atoms in total. The maximum atomic E-state index is 7.65. The predicted octanol–water partition coefficient (Wildman–Crippen LogP) is 2.60. The van der Waals surface area contributed by atoms with Crippen molar-refractivity contribution in [3.05, 3.63) is 29.3 Å². The number of nitrogens with one attached hydrogen (secondary N) is 1. The Balaban J connectivity index is 2.15. The van der Waals surface area contributed by atoms with Gasteiger partial charge in [-0.2, -0.15) is 0 Å². The van der Waals surface area contributed by atoms with E-state index in [2.05, 4.69) is 24.8 Å². The van der Waals surface area contributed by atoms with E-state index in [-0.39, 0.29) is 5.84 Å². The highest BCUT2D eigenvalue weighted by Gasteiger charge is 2.29. The molecule has 1 saturated carbocycles. The molecule has 20 heavy (non-hydrogen) atoms. The maximum Gasteiger partial charge on any atom is 0.129 e. The van der Waals surface area contributed by atoms with Crippen molar-refractivity contribution in [2.75, 3.05) is 13.7 Å². The van der Waals surface area contributed by atoms with E-state index in [1.807, 2.05) is 12.1 Å². The predicted molar refractivity (Wildman–Crippen MR) is 82.3 cm³/mol. The van der Waals surface area contributed by atoms with Gasteiger partial charge in [-0.1, -0.05) is 19.9 Å². The zero-order valence-electron chi connectivity index (χ0n) is 12.6. The van der Waals surface area contributed by atoms with Gasteiger partial charge in [0.15, 0.2) is 0 Å². The van der Waals surface area contributed by atoms with Crippen LogP contribution in [0.1, 0.15) is 37.8 Å². The molecule has 0 aliphatic heterocycles. The fraction of sp³-hybridized carbons (Fsp3) is 0.562. The number of rotatable bonds is 7. The van der Waals surface area contributed by atoms with Crippen LogP contribution in [0.2, 0.25) is 0 Å². The van der Waals surface area contributed by atoms with Crippen molar-refractivity contribution in [3.8, 4) is 5.75 Å². The summed E-state index contributed by atoms with van der Waals surface area (Å²) in [4.78, 5) is 2.54. The van der Waals surface area contributed by atoms with Crippen molar-refractivity contribution in [1.82, 2.24) is 4.90 Å². The Kier molecular flexibility index (Phi) is 4.65. The Morgan fingerprint density at radius 1 is 1.45 bits per heavy atom. The second kappa shape index (κ2) is 6.27. The number of methoxy groups -OCH3 is 1. The number of hydrogen-bond donors (Lipinski definition) is 2. The van der Waals surface area contributed by atoms with Crippen LogP contribution in [-0.4, -0.2) is 30.4 Å². The monoisotopic (exact) mass is 275 g/mol. The highest BCUT2D eigenvalue weighted by molar-refractivity contribution is 5.97. The first-order valence-electron chi connectivity index (χ1n) is 7.26. The van der Waals surface area contributed by atoms with Gasteiger partial charge in [-0.15, -0.1) is 0 Å². The quantitative estimate of drug-likeness (QED) is 0.594. The molecular formula is C16H25N3O. The fourth-order valence-corrected chi connectivity index (χ4v) is 2.55. The first kappa shape index (κ1) is 14.9. The standard InChI is InChI=1S/C16H25N3O/c1-11(2)9-19(13-5-6-13)10-12-4-7-15(20-3)14(8-12)16(17)18/h4,7-8,11,13H,5-6,9-10H2,1-3H3,(H3,17,18). The summed E-state index contributed by atoms with van der Waals surface area (Å²) in [6, 6.07) is 6.70. The molecule has 0 amide bonds. The van der Waals surface area contributed by atoms with Crippen molar-refractivity contribution >= 4 is 5.84 Å². The first-order valence-corrected chi connectivity index (χ1v) is 7.26. The van der Waals surface area contributed by atoms with Crippen molar-refractivity contribution in [2.24, 2.45) is 11.7 Å². The lowest BCUT2D eigenvalue weighted by Gasteiger charge is -2.24. The molecule has 110 valence electrons. The first-order chi connectivity index (χ1) is 9.51. The lowest BCUT2D eigenvalue weighted by atomic mass is 10.1. The van der Waals surface area contributed by atoms with Crippen LogP contribution in [-0.2, 0) is 6.54 Å². The number of ether oxygens (including phenoxy) is 1. The second-order valence-electron chi connectivity index (χ2n) is 6.00. The molecule has 4 heteroatoms. The summed E-state index contributed by atoms with van der Waals surface area (Å²) in [5.41, 5.74) is 7.52. The van der Waals surface area contributed by atoms with Crippen LogP contribution in [0.3, 0.4) is 0 Å². The van der Waals surface area contributed by atoms with Gasteiger partial charge in [0.05, 0.1) is 12.7 Å². The zero-order chi connectivity index (χ0) is 14.7. The molecule has 0 radical (unpaired) electrons. The number of nitrogen functional groups attached to an aromatic ring is 1. The molecule has 0 atom stereocenters. The number of nitrogens with two attached hydrogens (primary N) is 1. The minimum absolute atomic E-state index is 0.0607. The third-order valence-electron chi connectivity index (χ3n) is 3.60. The number of benzene rings is 1. The summed E-state index contributed by atoms with van der Waals surface area (Å²) in [6.45, 7) is 6.55. The van der Waals surface area contributed by atoms with Crippen LogP contribution in [0.15, 0.2) is 18.2 Å². The van der Waals surface area contributed by atoms with E-state index in [1.54, 1.807) is 7.11 Å². The SMILES string of the molecule is COc1ccc(CN(CC(C)C)C2CC2)cc1C(=N)N. The number of nitrogens with zero attached hydrogens (tertiary/aromatic N) is 1. The van der Waals surface area contributed by atoms with E-state index in [1.165, 1.54) is 18.4 Å². The van der Waals surface area contributed by atoms with Crippen molar-refractivity contribution < 1.29 is 4.74 Å². The van der Waals surface area contributed by atoms with Gasteiger partial charge >= 0.3 is 0 Å². The summed E-state index contributed by atoms with van der Waals surface area (Å²) in [6.07, 6.45) is 2.62. The van der Waals surface area contributed by atoms with Gasteiger partial charge in [0.1, 0.15) is 11.6 Å². The van der Waals surface area contributed by atoms with Crippen LogP contribution in [0.5, 0.6) is 5.75 Å².